The second-order valence-electron chi connectivity index (χ2n) is 11.5. The highest BCUT2D eigenvalue weighted by molar-refractivity contribution is 5.77. The van der Waals surface area contributed by atoms with Gasteiger partial charge in [0.15, 0.2) is 0 Å². The van der Waals surface area contributed by atoms with Gasteiger partial charge in [0, 0.05) is 11.5 Å². The fraction of sp³-hybridized carbons (Fsp3) is 0.500. The van der Waals surface area contributed by atoms with Crippen molar-refractivity contribution in [1.29, 1.82) is 0 Å². The van der Waals surface area contributed by atoms with Crippen molar-refractivity contribution in [3.05, 3.63) is 65.7 Å². The Morgan fingerprint density at radius 1 is 1.03 bits per heavy atom. The largest absolute Gasteiger partial charge is 0.573 e. The molecular formula is C30H34F3NO5. The van der Waals surface area contributed by atoms with Gasteiger partial charge in [-0.25, -0.2) is 0 Å². The Balaban J connectivity index is 1.55. The van der Waals surface area contributed by atoms with Crippen LogP contribution < -0.4 is 15.0 Å². The predicted octanol–water partition coefficient (Wildman–Crippen LogP) is 7.06. The van der Waals surface area contributed by atoms with Crippen molar-refractivity contribution in [1.82, 2.24) is 5.48 Å². The maximum Gasteiger partial charge on any atom is 0.573 e. The molecule has 1 aliphatic heterocycles. The lowest BCUT2D eigenvalue weighted by atomic mass is 9.65. The summed E-state index contributed by atoms with van der Waals surface area (Å²) in [6, 6.07) is 13.7. The molecule has 0 bridgehead atoms. The lowest BCUT2D eigenvalue weighted by Crippen LogP contribution is -2.47. The van der Waals surface area contributed by atoms with E-state index in [1.807, 2.05) is 57.2 Å². The van der Waals surface area contributed by atoms with Crippen LogP contribution in [0, 0.1) is 5.92 Å². The molecule has 1 unspecified atom stereocenters. The second kappa shape index (κ2) is 10.4. The second-order valence-corrected chi connectivity index (χ2v) is 11.5. The van der Waals surface area contributed by atoms with Gasteiger partial charge in [0.1, 0.15) is 22.7 Å². The van der Waals surface area contributed by atoms with Crippen molar-refractivity contribution < 1.29 is 37.0 Å². The number of hydroxylamine groups is 1. The fourth-order valence-corrected chi connectivity index (χ4v) is 5.62. The van der Waals surface area contributed by atoms with E-state index in [4.69, 9.17) is 14.3 Å². The molecule has 39 heavy (non-hydrogen) atoms. The van der Waals surface area contributed by atoms with Crippen molar-refractivity contribution >= 4 is 11.7 Å². The third-order valence-electron chi connectivity index (χ3n) is 7.44. The topological polar surface area (TPSA) is 66.0 Å². The first kappa shape index (κ1) is 27.4. The van der Waals surface area contributed by atoms with Gasteiger partial charge >= 0.3 is 12.3 Å². The Bertz CT molecular complexity index is 1220. The number of alkyl halides is 3. The minimum absolute atomic E-state index is 0.0123. The summed E-state index contributed by atoms with van der Waals surface area (Å²) in [5.74, 6) is -1.04. The number of nitrogens with one attached hydrogen (secondary N) is 1. The molecule has 210 valence electrons. The molecule has 3 atom stereocenters. The Morgan fingerprint density at radius 2 is 1.77 bits per heavy atom. The number of benzene rings is 2. The molecule has 0 amide bonds. The fourth-order valence-electron chi connectivity index (χ4n) is 5.62. The predicted molar refractivity (Wildman–Crippen MR) is 139 cm³/mol. The maximum absolute atomic E-state index is 13.4. The molecule has 3 aliphatic rings. The van der Waals surface area contributed by atoms with E-state index in [1.54, 1.807) is 0 Å². The van der Waals surface area contributed by atoms with E-state index in [1.165, 1.54) is 18.2 Å². The summed E-state index contributed by atoms with van der Waals surface area (Å²) in [5.41, 5.74) is 3.21. The summed E-state index contributed by atoms with van der Waals surface area (Å²) in [6.07, 6.45) is 1.86. The van der Waals surface area contributed by atoms with Gasteiger partial charge in [0.25, 0.3) is 0 Å². The molecule has 2 aromatic rings. The molecule has 2 fully saturated rings. The first-order valence-corrected chi connectivity index (χ1v) is 13.4. The smallest absolute Gasteiger partial charge is 0.490 e. The quantitative estimate of drug-likeness (QED) is 0.392. The molecular weight excluding hydrogens is 511 g/mol. The van der Waals surface area contributed by atoms with Crippen molar-refractivity contribution in [2.24, 2.45) is 5.92 Å². The summed E-state index contributed by atoms with van der Waals surface area (Å²) in [5, 5.41) is 0. The van der Waals surface area contributed by atoms with Gasteiger partial charge in [-0.3, -0.25) is 15.1 Å². The molecule has 2 saturated carbocycles. The molecule has 9 heteroatoms. The summed E-state index contributed by atoms with van der Waals surface area (Å²) in [7, 11) is 0. The Kier molecular flexibility index (Phi) is 7.31. The molecule has 1 N–H and O–H groups in total. The number of ether oxygens (including phenoxy) is 3. The van der Waals surface area contributed by atoms with E-state index in [0.29, 0.717) is 36.3 Å². The van der Waals surface area contributed by atoms with Crippen molar-refractivity contribution in [3.8, 4) is 11.5 Å². The molecule has 2 aliphatic carbocycles. The van der Waals surface area contributed by atoms with Crippen LogP contribution in [0.15, 0.2) is 54.6 Å². The van der Waals surface area contributed by atoms with E-state index in [2.05, 4.69) is 10.2 Å². The van der Waals surface area contributed by atoms with Crippen molar-refractivity contribution in [2.75, 3.05) is 0 Å². The zero-order valence-electron chi connectivity index (χ0n) is 22.3. The number of carbonyl (C=O) groups is 1. The first-order chi connectivity index (χ1) is 18.4. The number of rotatable bonds is 6. The Morgan fingerprint density at radius 3 is 2.41 bits per heavy atom. The number of carbonyl (C=O) groups excluding carboxylic acids is 1. The lowest BCUT2D eigenvalue weighted by Gasteiger charge is -2.43. The van der Waals surface area contributed by atoms with Crippen LogP contribution in [0.25, 0.3) is 5.70 Å². The Hall–Kier alpha value is -3.20. The number of hydrogen-bond donors (Lipinski definition) is 1. The summed E-state index contributed by atoms with van der Waals surface area (Å²) < 4.78 is 55.3. The molecule has 5 rings (SSSR count). The third kappa shape index (κ3) is 6.19. The highest BCUT2D eigenvalue weighted by Crippen LogP contribution is 2.51. The average molecular weight is 546 g/mol. The molecule has 2 aromatic carbocycles. The van der Waals surface area contributed by atoms with E-state index >= 15 is 0 Å². The zero-order valence-corrected chi connectivity index (χ0v) is 22.3. The first-order valence-electron chi connectivity index (χ1n) is 13.4. The van der Waals surface area contributed by atoms with Crippen molar-refractivity contribution in [3.63, 3.8) is 0 Å². The van der Waals surface area contributed by atoms with Crippen LogP contribution in [-0.2, 0) is 14.4 Å². The third-order valence-corrected chi connectivity index (χ3v) is 7.44. The van der Waals surface area contributed by atoms with Crippen LogP contribution in [0.5, 0.6) is 11.5 Å². The SMILES string of the molecule is CC(C)(C)OC(=O)C1CCC[C@]2(C=C(c3cc(OC(F)(F)F)ccc3OC3CCC3)NO2)[C@@H]1c1ccccc1. The van der Waals surface area contributed by atoms with Gasteiger partial charge in [-0.2, -0.15) is 0 Å². The average Bonchev–Trinajstić information content (AvgIpc) is 3.24. The molecule has 0 aromatic heterocycles. The van der Waals surface area contributed by atoms with Crippen LogP contribution in [-0.4, -0.2) is 29.6 Å². The Labute approximate surface area is 226 Å². The summed E-state index contributed by atoms with van der Waals surface area (Å²) >= 11 is 0. The lowest BCUT2D eigenvalue weighted by molar-refractivity contribution is -0.274. The highest BCUT2D eigenvalue weighted by Gasteiger charge is 2.52. The number of halogens is 3. The van der Waals surface area contributed by atoms with Gasteiger partial charge in [-0.15, -0.1) is 13.2 Å². The minimum Gasteiger partial charge on any atom is -0.490 e. The van der Waals surface area contributed by atoms with E-state index in [0.717, 1.165) is 24.8 Å². The monoisotopic (exact) mass is 545 g/mol. The van der Waals surface area contributed by atoms with Gasteiger partial charge in [0.05, 0.1) is 17.7 Å². The van der Waals surface area contributed by atoms with Crippen LogP contribution in [0.2, 0.25) is 0 Å². The molecule has 1 spiro atoms. The van der Waals surface area contributed by atoms with E-state index in [-0.39, 0.29) is 23.7 Å². The zero-order chi connectivity index (χ0) is 27.8. The maximum atomic E-state index is 13.4. The molecule has 0 radical (unpaired) electrons. The minimum atomic E-state index is -4.83. The van der Waals surface area contributed by atoms with Gasteiger partial charge < -0.3 is 14.2 Å². The van der Waals surface area contributed by atoms with Crippen LogP contribution in [0.3, 0.4) is 0 Å². The summed E-state index contributed by atoms with van der Waals surface area (Å²) in [4.78, 5) is 19.7. The number of esters is 1. The van der Waals surface area contributed by atoms with Gasteiger partial charge in [-0.1, -0.05) is 30.3 Å². The van der Waals surface area contributed by atoms with Crippen LogP contribution in [0.4, 0.5) is 13.2 Å². The van der Waals surface area contributed by atoms with Crippen LogP contribution >= 0.6 is 0 Å². The van der Waals surface area contributed by atoms with Gasteiger partial charge in [0.2, 0.25) is 0 Å². The summed E-state index contributed by atoms with van der Waals surface area (Å²) in [6.45, 7) is 5.52. The normalized spacial score (nSPS) is 25.4. The van der Waals surface area contributed by atoms with E-state index < -0.39 is 23.5 Å². The van der Waals surface area contributed by atoms with Crippen LogP contribution in [0.1, 0.15) is 76.3 Å². The van der Waals surface area contributed by atoms with Crippen molar-refractivity contribution in [2.45, 2.75) is 88.9 Å². The molecule has 1 heterocycles. The van der Waals surface area contributed by atoms with Gasteiger partial charge in [-0.05, 0) is 89.1 Å². The number of hydrogen-bond acceptors (Lipinski definition) is 6. The standard InChI is InChI=1S/C30H34F3NO5/c1-28(2,3)38-27(35)22-13-8-16-29(26(22)19-9-5-4-6-10-19)18-24(34-39-29)23-17-21(37-30(31,32)33)14-15-25(23)36-20-11-7-12-20/h4-6,9-10,14-15,17-18,20,22,26,34H,7-8,11-13,16H2,1-3H3/t22?,26-,29+/m1/s1. The highest BCUT2D eigenvalue weighted by atomic mass is 19.4. The molecule has 0 saturated heterocycles. The molecule has 6 nitrogen and oxygen atoms in total. The van der Waals surface area contributed by atoms with E-state index in [9.17, 15) is 18.0 Å².